The summed E-state index contributed by atoms with van der Waals surface area (Å²) >= 11 is 7.14. The third-order valence-electron chi connectivity index (χ3n) is 1.98. The molecule has 1 N–H and O–H groups in total. The van der Waals surface area contributed by atoms with E-state index in [1.165, 1.54) is 17.5 Å². The van der Waals surface area contributed by atoms with Gasteiger partial charge in [-0.05, 0) is 11.6 Å². The van der Waals surface area contributed by atoms with Gasteiger partial charge in [0.1, 0.15) is 0 Å². The van der Waals surface area contributed by atoms with E-state index in [1.54, 1.807) is 29.6 Å². The second-order valence-corrected chi connectivity index (χ2v) is 6.31. The van der Waals surface area contributed by atoms with Gasteiger partial charge in [0.15, 0.2) is 5.13 Å². The van der Waals surface area contributed by atoms with Crippen LogP contribution < -0.4 is 4.72 Å². The van der Waals surface area contributed by atoms with E-state index in [0.717, 1.165) is 0 Å². The van der Waals surface area contributed by atoms with Gasteiger partial charge in [-0.2, -0.15) is 0 Å². The smallest absolute Gasteiger partial charge is 0.238 e. The fraction of sp³-hybridized carbons (Fsp3) is 0.100. The van der Waals surface area contributed by atoms with Crippen LogP contribution in [0.4, 0.5) is 5.13 Å². The zero-order valence-electron chi connectivity index (χ0n) is 8.63. The third kappa shape index (κ3) is 3.42. The van der Waals surface area contributed by atoms with Crippen molar-refractivity contribution in [1.82, 2.24) is 4.98 Å². The van der Waals surface area contributed by atoms with Gasteiger partial charge in [-0.1, -0.05) is 29.8 Å². The number of rotatable bonds is 4. The van der Waals surface area contributed by atoms with Crippen LogP contribution in [0.2, 0.25) is 5.02 Å². The van der Waals surface area contributed by atoms with Gasteiger partial charge in [0, 0.05) is 16.6 Å². The molecule has 1 aromatic heterocycles. The van der Waals surface area contributed by atoms with Crippen molar-refractivity contribution in [2.24, 2.45) is 0 Å². The van der Waals surface area contributed by atoms with E-state index in [4.69, 9.17) is 11.6 Å². The predicted molar refractivity (Wildman–Crippen MR) is 69.8 cm³/mol. The fourth-order valence-corrected chi connectivity index (χ4v) is 3.54. The quantitative estimate of drug-likeness (QED) is 0.941. The molecule has 0 unspecified atom stereocenters. The van der Waals surface area contributed by atoms with Crippen molar-refractivity contribution in [1.29, 1.82) is 0 Å². The molecule has 1 heterocycles. The molecule has 0 aliphatic heterocycles. The average Bonchev–Trinajstić information content (AvgIpc) is 2.73. The summed E-state index contributed by atoms with van der Waals surface area (Å²) in [6.45, 7) is 0. The molecule has 2 rings (SSSR count). The number of hydrogen-bond acceptors (Lipinski definition) is 4. The lowest BCUT2D eigenvalue weighted by atomic mass is 10.2. The number of benzene rings is 1. The molecule has 0 aliphatic carbocycles. The number of anilines is 1. The molecule has 0 aliphatic rings. The van der Waals surface area contributed by atoms with Crippen LogP contribution in [-0.4, -0.2) is 13.4 Å². The molecular weight excluding hydrogens is 280 g/mol. The minimum absolute atomic E-state index is 0.160. The van der Waals surface area contributed by atoms with Crippen LogP contribution in [0, 0.1) is 0 Å². The van der Waals surface area contributed by atoms with E-state index >= 15 is 0 Å². The topological polar surface area (TPSA) is 59.1 Å². The SMILES string of the molecule is O=S(=O)(Cc1ccccc1Cl)Nc1nccs1. The van der Waals surface area contributed by atoms with Gasteiger partial charge in [-0.15, -0.1) is 11.3 Å². The fourth-order valence-electron chi connectivity index (χ4n) is 1.26. The molecular formula is C10H9ClN2O2S2. The standard InChI is InChI=1S/C10H9ClN2O2S2/c11-9-4-2-1-3-8(9)7-17(14,15)13-10-12-5-6-16-10/h1-6H,7H2,(H,12,13). The summed E-state index contributed by atoms with van der Waals surface area (Å²) in [7, 11) is -3.47. The maximum absolute atomic E-state index is 11.8. The van der Waals surface area contributed by atoms with Crippen LogP contribution in [0.5, 0.6) is 0 Å². The highest BCUT2D eigenvalue weighted by Gasteiger charge is 2.14. The van der Waals surface area contributed by atoms with Crippen molar-refractivity contribution in [3.05, 3.63) is 46.4 Å². The first-order valence-corrected chi connectivity index (χ1v) is 7.61. The Morgan fingerprint density at radius 2 is 2.12 bits per heavy atom. The Kier molecular flexibility index (Phi) is 3.66. The molecule has 0 amide bonds. The highest BCUT2D eigenvalue weighted by molar-refractivity contribution is 7.92. The second kappa shape index (κ2) is 5.03. The molecule has 0 radical (unpaired) electrons. The number of nitrogens with zero attached hydrogens (tertiary/aromatic N) is 1. The van der Waals surface area contributed by atoms with E-state index < -0.39 is 10.0 Å². The molecule has 17 heavy (non-hydrogen) atoms. The molecule has 90 valence electrons. The van der Waals surface area contributed by atoms with Gasteiger partial charge in [0.05, 0.1) is 5.75 Å². The van der Waals surface area contributed by atoms with Crippen molar-refractivity contribution in [3.8, 4) is 0 Å². The van der Waals surface area contributed by atoms with Crippen molar-refractivity contribution >= 4 is 38.1 Å². The Balaban J connectivity index is 2.16. The Morgan fingerprint density at radius 3 is 2.76 bits per heavy atom. The lowest BCUT2D eigenvalue weighted by molar-refractivity contribution is 0.600. The average molecular weight is 289 g/mol. The van der Waals surface area contributed by atoms with Crippen LogP contribution in [0.3, 0.4) is 0 Å². The van der Waals surface area contributed by atoms with Crippen LogP contribution in [0.25, 0.3) is 0 Å². The van der Waals surface area contributed by atoms with Gasteiger partial charge in [-0.3, -0.25) is 4.72 Å². The number of nitrogens with one attached hydrogen (secondary N) is 1. The first kappa shape index (κ1) is 12.3. The first-order valence-electron chi connectivity index (χ1n) is 4.70. The lowest BCUT2D eigenvalue weighted by Gasteiger charge is -2.06. The molecule has 0 saturated carbocycles. The normalized spacial score (nSPS) is 11.4. The maximum atomic E-state index is 11.8. The number of thiazole rings is 1. The molecule has 0 saturated heterocycles. The second-order valence-electron chi connectivity index (χ2n) is 3.29. The monoisotopic (exact) mass is 288 g/mol. The molecule has 0 fully saturated rings. The van der Waals surface area contributed by atoms with Crippen molar-refractivity contribution in [2.75, 3.05) is 4.72 Å². The molecule has 7 heteroatoms. The Hall–Kier alpha value is -1.11. The minimum atomic E-state index is -3.47. The summed E-state index contributed by atoms with van der Waals surface area (Å²) in [5.74, 6) is -0.160. The van der Waals surface area contributed by atoms with Crippen LogP contribution in [-0.2, 0) is 15.8 Å². The highest BCUT2D eigenvalue weighted by atomic mass is 35.5. The Labute approximate surface area is 108 Å². The highest BCUT2D eigenvalue weighted by Crippen LogP contribution is 2.19. The molecule has 0 atom stereocenters. The Morgan fingerprint density at radius 1 is 1.35 bits per heavy atom. The van der Waals surface area contributed by atoms with Crippen molar-refractivity contribution < 1.29 is 8.42 Å². The van der Waals surface area contributed by atoms with E-state index in [9.17, 15) is 8.42 Å². The zero-order valence-corrected chi connectivity index (χ0v) is 11.0. The van der Waals surface area contributed by atoms with Crippen LogP contribution >= 0.6 is 22.9 Å². The largest absolute Gasteiger partial charge is 0.258 e. The molecule has 0 bridgehead atoms. The summed E-state index contributed by atoms with van der Waals surface area (Å²) in [4.78, 5) is 3.86. The first-order chi connectivity index (χ1) is 8.07. The zero-order chi connectivity index (χ0) is 12.3. The van der Waals surface area contributed by atoms with Gasteiger partial charge < -0.3 is 0 Å². The summed E-state index contributed by atoms with van der Waals surface area (Å²) in [5, 5.41) is 2.50. The van der Waals surface area contributed by atoms with E-state index in [-0.39, 0.29) is 5.75 Å². The number of sulfonamides is 1. The van der Waals surface area contributed by atoms with E-state index in [2.05, 4.69) is 9.71 Å². The lowest BCUT2D eigenvalue weighted by Crippen LogP contribution is -2.15. The van der Waals surface area contributed by atoms with E-state index in [0.29, 0.717) is 15.7 Å². The number of aromatic nitrogens is 1. The molecule has 4 nitrogen and oxygen atoms in total. The third-order valence-corrected chi connectivity index (χ3v) is 4.36. The van der Waals surface area contributed by atoms with Gasteiger partial charge in [-0.25, -0.2) is 13.4 Å². The van der Waals surface area contributed by atoms with E-state index in [1.807, 2.05) is 0 Å². The summed E-state index contributed by atoms with van der Waals surface area (Å²) < 4.78 is 26.0. The maximum Gasteiger partial charge on any atom is 0.238 e. The number of hydrogen-bond donors (Lipinski definition) is 1. The predicted octanol–water partition coefficient (Wildman–Crippen LogP) is 2.74. The molecule has 0 spiro atoms. The Bertz CT molecular complexity index is 597. The summed E-state index contributed by atoms with van der Waals surface area (Å²) in [6, 6.07) is 6.85. The summed E-state index contributed by atoms with van der Waals surface area (Å²) in [6.07, 6.45) is 1.54. The van der Waals surface area contributed by atoms with Gasteiger partial charge in [0.25, 0.3) is 0 Å². The van der Waals surface area contributed by atoms with Gasteiger partial charge >= 0.3 is 0 Å². The molecule has 2 aromatic rings. The van der Waals surface area contributed by atoms with Crippen LogP contribution in [0.1, 0.15) is 5.56 Å². The minimum Gasteiger partial charge on any atom is -0.258 e. The van der Waals surface area contributed by atoms with Crippen LogP contribution in [0.15, 0.2) is 35.8 Å². The summed E-state index contributed by atoms with van der Waals surface area (Å²) in [5.41, 5.74) is 0.568. The van der Waals surface area contributed by atoms with Crippen molar-refractivity contribution in [2.45, 2.75) is 5.75 Å². The van der Waals surface area contributed by atoms with Crippen molar-refractivity contribution in [3.63, 3.8) is 0 Å². The molecule has 1 aromatic carbocycles. The number of halogens is 1. The van der Waals surface area contributed by atoms with Gasteiger partial charge in [0.2, 0.25) is 10.0 Å².